The lowest BCUT2D eigenvalue weighted by atomic mass is 10.0. The maximum atomic E-state index is 13.1. The van der Waals surface area contributed by atoms with Crippen molar-refractivity contribution in [2.45, 2.75) is 426 Å². The Hall–Kier alpha value is -2.46. The summed E-state index contributed by atoms with van der Waals surface area (Å²) in [6, 6.07) is 0. The van der Waals surface area contributed by atoms with Crippen molar-refractivity contribution in [2.24, 2.45) is 17.8 Å². The highest BCUT2D eigenvalue weighted by Gasteiger charge is 2.30. The lowest BCUT2D eigenvalue weighted by Gasteiger charge is -2.21. The second kappa shape index (κ2) is 72.7. The van der Waals surface area contributed by atoms with Gasteiger partial charge in [0.15, 0.2) is 12.2 Å². The molecular formula is C83H158O17P2. The monoisotopic (exact) mass is 1490 g/mol. The summed E-state index contributed by atoms with van der Waals surface area (Å²) in [6.07, 6.45) is 64.6. The van der Waals surface area contributed by atoms with Crippen LogP contribution in [0.1, 0.15) is 408 Å². The van der Waals surface area contributed by atoms with Crippen molar-refractivity contribution >= 4 is 39.5 Å². The van der Waals surface area contributed by atoms with Crippen LogP contribution in [0.15, 0.2) is 24.3 Å². The van der Waals surface area contributed by atoms with Gasteiger partial charge in [-0.15, -0.1) is 0 Å². The Bertz CT molecular complexity index is 2070. The lowest BCUT2D eigenvalue weighted by Crippen LogP contribution is -2.30. The number of carbonyl (C=O) groups excluding carboxylic acids is 4. The molecule has 0 saturated heterocycles. The number of unbranched alkanes of at least 4 members (excludes halogenated alkanes) is 44. The van der Waals surface area contributed by atoms with Crippen molar-refractivity contribution in [1.29, 1.82) is 0 Å². The largest absolute Gasteiger partial charge is 0.472 e. The second-order valence-corrected chi connectivity index (χ2v) is 33.5. The van der Waals surface area contributed by atoms with Crippen LogP contribution in [0.5, 0.6) is 0 Å². The van der Waals surface area contributed by atoms with E-state index in [0.717, 1.165) is 127 Å². The average molecular weight is 1490 g/mol. The number of aliphatic hydroxyl groups is 1. The normalized spacial score (nSPS) is 14.1. The standard InChI is InChI=1S/C83H158O17P2/c1-8-9-10-11-12-13-14-15-18-26-31-36-45-52-59-66-83(88)100-79(71-94-81(86)65-58-51-44-39-38-42-49-56-63-76(6)7)73-98-102(91,92)96-69-77(84)68-95-101(89,90)97-72-78(99-82(87)67-60-53-46-37-32-27-22-17-20-24-29-34-41-48-55-62-75(4)5)70-93-80(85)64-57-50-43-35-30-25-21-16-19-23-28-33-40-47-54-61-74(2)3/h13-15,18,74-79,84H,8-12,16-17,19-73H2,1-7H3,(H,89,90)(H,91,92)/b14-13-,18-15-/t77-,78-,79-/m1/s1. The van der Waals surface area contributed by atoms with Gasteiger partial charge in [0, 0.05) is 25.7 Å². The molecule has 602 valence electrons. The first kappa shape index (κ1) is 99.5. The minimum absolute atomic E-state index is 0.0844. The molecule has 0 heterocycles. The number of carbonyl (C=O) groups is 4. The minimum Gasteiger partial charge on any atom is -0.462 e. The van der Waals surface area contributed by atoms with Crippen LogP contribution in [-0.4, -0.2) is 96.7 Å². The number of esters is 4. The van der Waals surface area contributed by atoms with Crippen LogP contribution < -0.4 is 0 Å². The number of hydrogen-bond acceptors (Lipinski definition) is 15. The van der Waals surface area contributed by atoms with Gasteiger partial charge in [0.1, 0.15) is 19.3 Å². The maximum absolute atomic E-state index is 13.1. The predicted octanol–water partition coefficient (Wildman–Crippen LogP) is 24.5. The zero-order valence-electron chi connectivity index (χ0n) is 66.6. The molecule has 0 bridgehead atoms. The van der Waals surface area contributed by atoms with E-state index in [2.05, 4.69) is 72.8 Å². The Labute approximate surface area is 624 Å². The summed E-state index contributed by atoms with van der Waals surface area (Å²) in [5.74, 6) is 0.191. The highest BCUT2D eigenvalue weighted by molar-refractivity contribution is 7.47. The highest BCUT2D eigenvalue weighted by Crippen LogP contribution is 2.45. The van der Waals surface area contributed by atoms with Crippen molar-refractivity contribution < 1.29 is 80.2 Å². The molecule has 3 N–H and O–H groups in total. The SMILES string of the molecule is CCCCCC/C=C\C=C/CCCCCCCC(=O)O[C@H](COC(=O)CCCCCCCCCCC(C)C)COP(=O)(O)OC[C@H](O)COP(=O)(O)OC[C@@H](COC(=O)CCCCCCCCCCCCCCCCCC(C)C)OC(=O)CCCCCCCCCCCCCCCCCC(C)C. The number of ether oxygens (including phenoxy) is 4. The van der Waals surface area contributed by atoms with Crippen LogP contribution in [0, 0.1) is 17.8 Å². The van der Waals surface area contributed by atoms with Crippen LogP contribution in [0.4, 0.5) is 0 Å². The molecule has 0 saturated carbocycles. The predicted molar refractivity (Wildman–Crippen MR) is 418 cm³/mol. The Morgan fingerprint density at radius 1 is 0.304 bits per heavy atom. The summed E-state index contributed by atoms with van der Waals surface area (Å²) in [5, 5.41) is 10.7. The fraction of sp³-hybridized carbons (Fsp3) is 0.904. The minimum atomic E-state index is -4.97. The van der Waals surface area contributed by atoms with E-state index in [4.69, 9.17) is 37.0 Å². The smallest absolute Gasteiger partial charge is 0.462 e. The first-order valence-electron chi connectivity index (χ1n) is 42.2. The third kappa shape index (κ3) is 75.8. The van der Waals surface area contributed by atoms with Gasteiger partial charge in [-0.1, -0.05) is 355 Å². The fourth-order valence-electron chi connectivity index (χ4n) is 12.3. The van der Waals surface area contributed by atoms with Gasteiger partial charge in [0.25, 0.3) is 0 Å². The molecule has 5 atom stereocenters. The van der Waals surface area contributed by atoms with Crippen LogP contribution in [0.25, 0.3) is 0 Å². The summed E-state index contributed by atoms with van der Waals surface area (Å²) >= 11 is 0. The van der Waals surface area contributed by atoms with E-state index in [9.17, 15) is 43.2 Å². The quantitative estimate of drug-likeness (QED) is 0.0169. The third-order valence-corrected chi connectivity index (χ3v) is 20.7. The molecule has 0 amide bonds. The molecule has 2 unspecified atom stereocenters. The molecule has 19 heteroatoms. The Morgan fingerprint density at radius 3 is 0.794 bits per heavy atom. The van der Waals surface area contributed by atoms with Gasteiger partial charge in [-0.25, -0.2) is 9.13 Å². The topological polar surface area (TPSA) is 237 Å². The number of rotatable bonds is 79. The first-order valence-corrected chi connectivity index (χ1v) is 45.2. The summed E-state index contributed by atoms with van der Waals surface area (Å²) in [4.78, 5) is 73.1. The van der Waals surface area contributed by atoms with Crippen molar-refractivity contribution in [3.63, 3.8) is 0 Å². The van der Waals surface area contributed by atoms with Crippen molar-refractivity contribution in [1.82, 2.24) is 0 Å². The molecule has 102 heavy (non-hydrogen) atoms. The van der Waals surface area contributed by atoms with E-state index in [-0.39, 0.29) is 25.7 Å². The Kier molecular flexibility index (Phi) is 71.0. The Balaban J connectivity index is 5.29. The van der Waals surface area contributed by atoms with E-state index < -0.39 is 97.5 Å². The van der Waals surface area contributed by atoms with Crippen LogP contribution >= 0.6 is 15.6 Å². The summed E-state index contributed by atoms with van der Waals surface area (Å²) in [7, 11) is -9.94. The van der Waals surface area contributed by atoms with Crippen LogP contribution in [0.2, 0.25) is 0 Å². The van der Waals surface area contributed by atoms with Crippen LogP contribution in [-0.2, 0) is 65.4 Å². The van der Waals surface area contributed by atoms with Crippen LogP contribution in [0.3, 0.4) is 0 Å². The number of aliphatic hydroxyl groups excluding tert-OH is 1. The van der Waals surface area contributed by atoms with Gasteiger partial charge < -0.3 is 33.8 Å². The van der Waals surface area contributed by atoms with Gasteiger partial charge in [-0.05, 0) is 69.1 Å². The van der Waals surface area contributed by atoms with Gasteiger partial charge in [-0.2, -0.15) is 0 Å². The molecule has 0 aliphatic rings. The van der Waals surface area contributed by atoms with E-state index in [1.807, 2.05) is 0 Å². The highest BCUT2D eigenvalue weighted by atomic mass is 31.2. The van der Waals surface area contributed by atoms with Crippen molar-refractivity contribution in [3.05, 3.63) is 24.3 Å². The molecule has 0 aromatic heterocycles. The first-order chi connectivity index (χ1) is 49.2. The molecule has 0 rings (SSSR count). The Morgan fingerprint density at radius 2 is 0.529 bits per heavy atom. The third-order valence-electron chi connectivity index (χ3n) is 18.8. The fourth-order valence-corrected chi connectivity index (χ4v) is 13.9. The number of allylic oxidation sites excluding steroid dienone is 4. The lowest BCUT2D eigenvalue weighted by molar-refractivity contribution is -0.161. The maximum Gasteiger partial charge on any atom is 0.472 e. The molecule has 17 nitrogen and oxygen atoms in total. The summed E-state index contributed by atoms with van der Waals surface area (Å²) in [6.45, 7) is 11.9. The van der Waals surface area contributed by atoms with Gasteiger partial charge in [0.05, 0.1) is 26.4 Å². The molecule has 0 fully saturated rings. The van der Waals surface area contributed by atoms with E-state index in [1.165, 1.54) is 199 Å². The summed E-state index contributed by atoms with van der Waals surface area (Å²) in [5.41, 5.74) is 0. The average Bonchev–Trinajstić information content (AvgIpc) is 0.917. The molecule has 0 radical (unpaired) electrons. The number of phosphoric acid groups is 2. The zero-order valence-corrected chi connectivity index (χ0v) is 68.4. The molecule has 0 aliphatic carbocycles. The van der Waals surface area contributed by atoms with Gasteiger partial charge in [0.2, 0.25) is 0 Å². The molecule has 0 spiro atoms. The molecule has 0 aliphatic heterocycles. The van der Waals surface area contributed by atoms with E-state index in [0.29, 0.717) is 25.7 Å². The summed E-state index contributed by atoms with van der Waals surface area (Å²) < 4.78 is 68.7. The molecule has 0 aromatic rings. The van der Waals surface area contributed by atoms with Gasteiger partial charge >= 0.3 is 39.5 Å². The van der Waals surface area contributed by atoms with E-state index >= 15 is 0 Å². The number of phosphoric ester groups is 2. The molecular weight excluding hydrogens is 1330 g/mol. The van der Waals surface area contributed by atoms with Gasteiger partial charge in [-0.3, -0.25) is 37.3 Å². The number of hydrogen-bond donors (Lipinski definition) is 3. The molecule has 0 aromatic carbocycles. The van der Waals surface area contributed by atoms with E-state index in [1.54, 1.807) is 0 Å². The van der Waals surface area contributed by atoms with Crippen molar-refractivity contribution in [2.75, 3.05) is 39.6 Å². The second-order valence-electron chi connectivity index (χ2n) is 30.6. The van der Waals surface area contributed by atoms with Crippen molar-refractivity contribution in [3.8, 4) is 0 Å². The zero-order chi connectivity index (χ0) is 75.1.